The van der Waals surface area contributed by atoms with E-state index in [1.807, 2.05) is 0 Å². The number of carbonyl (C=O) groups excluding carboxylic acids is 3. The molecule has 4 amide bonds. The van der Waals surface area contributed by atoms with Gasteiger partial charge in [-0.05, 0) is 62.2 Å². The van der Waals surface area contributed by atoms with Crippen LogP contribution in [0, 0.1) is 0 Å². The molecule has 0 bridgehead atoms. The van der Waals surface area contributed by atoms with E-state index in [0.717, 1.165) is 17.0 Å². The van der Waals surface area contributed by atoms with Crippen LogP contribution in [0.15, 0.2) is 59.5 Å². The van der Waals surface area contributed by atoms with Crippen molar-refractivity contribution in [3.05, 3.63) is 76.2 Å². The SMILES string of the molecule is CC(C)N1CCc2c(sc(NC(=O)c3ccc(S(=O)(=O)N(C)c4ccccc4)cc3)c2C(=O)NC(=O)N(C)C)C1. The Morgan fingerprint density at radius 1 is 0.950 bits per heavy atom. The van der Waals surface area contributed by atoms with E-state index in [9.17, 15) is 22.8 Å². The Labute approximate surface area is 238 Å². The summed E-state index contributed by atoms with van der Waals surface area (Å²) in [5.74, 6) is -1.07. The first-order valence-electron chi connectivity index (χ1n) is 12.8. The second kappa shape index (κ2) is 11.8. The van der Waals surface area contributed by atoms with Crippen molar-refractivity contribution in [1.82, 2.24) is 15.1 Å². The summed E-state index contributed by atoms with van der Waals surface area (Å²) in [5.41, 5.74) is 1.86. The Hall–Kier alpha value is -3.74. The fourth-order valence-corrected chi connectivity index (χ4v) is 6.81. The summed E-state index contributed by atoms with van der Waals surface area (Å²) in [4.78, 5) is 43.2. The van der Waals surface area contributed by atoms with Crippen LogP contribution in [0.3, 0.4) is 0 Å². The van der Waals surface area contributed by atoms with E-state index in [4.69, 9.17) is 0 Å². The van der Waals surface area contributed by atoms with Crippen molar-refractivity contribution in [2.45, 2.75) is 37.8 Å². The highest BCUT2D eigenvalue weighted by Gasteiger charge is 2.31. The molecule has 0 radical (unpaired) electrons. The molecular formula is C28H33N5O5S2. The van der Waals surface area contributed by atoms with Crippen LogP contribution in [0.5, 0.6) is 0 Å². The summed E-state index contributed by atoms with van der Waals surface area (Å²) in [6.07, 6.45) is 0.611. The summed E-state index contributed by atoms with van der Waals surface area (Å²) in [7, 11) is 0.712. The first-order valence-corrected chi connectivity index (χ1v) is 15.0. The molecule has 10 nitrogen and oxygen atoms in total. The van der Waals surface area contributed by atoms with Gasteiger partial charge < -0.3 is 10.2 Å². The van der Waals surface area contributed by atoms with E-state index in [2.05, 4.69) is 29.4 Å². The van der Waals surface area contributed by atoms with Gasteiger partial charge in [0.1, 0.15) is 5.00 Å². The van der Waals surface area contributed by atoms with Crippen molar-refractivity contribution in [1.29, 1.82) is 0 Å². The number of imide groups is 1. The third kappa shape index (κ3) is 6.03. The lowest BCUT2D eigenvalue weighted by Crippen LogP contribution is -2.40. The third-order valence-electron chi connectivity index (χ3n) is 6.79. The zero-order valence-corrected chi connectivity index (χ0v) is 24.7. The molecule has 40 heavy (non-hydrogen) atoms. The molecule has 0 unspecified atom stereocenters. The summed E-state index contributed by atoms with van der Waals surface area (Å²) in [5, 5.41) is 5.57. The molecule has 0 spiro atoms. The molecule has 2 N–H and O–H groups in total. The predicted octanol–water partition coefficient (Wildman–Crippen LogP) is 4.00. The van der Waals surface area contributed by atoms with E-state index in [1.54, 1.807) is 30.3 Å². The lowest BCUT2D eigenvalue weighted by atomic mass is 10.0. The number of carbonyl (C=O) groups is 3. The summed E-state index contributed by atoms with van der Waals surface area (Å²) in [6.45, 7) is 5.60. The molecule has 0 aliphatic carbocycles. The second-order valence-corrected chi connectivity index (χ2v) is 13.0. The molecule has 1 aromatic heterocycles. The highest BCUT2D eigenvalue weighted by molar-refractivity contribution is 7.92. The molecule has 4 rings (SSSR count). The van der Waals surface area contributed by atoms with Crippen molar-refractivity contribution < 1.29 is 22.8 Å². The van der Waals surface area contributed by atoms with Crippen LogP contribution in [0.4, 0.5) is 15.5 Å². The van der Waals surface area contributed by atoms with Crippen molar-refractivity contribution in [3.63, 3.8) is 0 Å². The molecule has 3 aromatic rings. The van der Waals surface area contributed by atoms with Gasteiger partial charge in [0.15, 0.2) is 0 Å². The highest BCUT2D eigenvalue weighted by atomic mass is 32.2. The number of anilines is 2. The third-order valence-corrected chi connectivity index (χ3v) is 9.72. The van der Waals surface area contributed by atoms with Crippen molar-refractivity contribution in [2.75, 3.05) is 37.3 Å². The summed E-state index contributed by atoms with van der Waals surface area (Å²) >= 11 is 1.32. The monoisotopic (exact) mass is 583 g/mol. The number of nitrogens with zero attached hydrogens (tertiary/aromatic N) is 3. The number of sulfonamides is 1. The number of amides is 4. The van der Waals surface area contributed by atoms with E-state index < -0.39 is 27.9 Å². The molecular weight excluding hydrogens is 550 g/mol. The van der Waals surface area contributed by atoms with E-state index >= 15 is 0 Å². The van der Waals surface area contributed by atoms with Gasteiger partial charge in [0.2, 0.25) is 0 Å². The maximum atomic E-state index is 13.2. The molecule has 1 aliphatic heterocycles. The van der Waals surface area contributed by atoms with Gasteiger partial charge in [0, 0.05) is 50.7 Å². The minimum absolute atomic E-state index is 0.0398. The van der Waals surface area contributed by atoms with Crippen LogP contribution in [0.1, 0.15) is 45.0 Å². The van der Waals surface area contributed by atoms with Crippen LogP contribution in [-0.2, 0) is 23.0 Å². The number of urea groups is 1. The Morgan fingerprint density at radius 3 is 2.20 bits per heavy atom. The number of hydrogen-bond donors (Lipinski definition) is 2. The number of nitrogens with one attached hydrogen (secondary N) is 2. The average molecular weight is 584 g/mol. The fourth-order valence-electron chi connectivity index (χ4n) is 4.35. The number of rotatable bonds is 7. The fraction of sp³-hybridized carbons (Fsp3) is 0.321. The number of benzene rings is 2. The van der Waals surface area contributed by atoms with Crippen molar-refractivity contribution in [2.24, 2.45) is 0 Å². The predicted molar refractivity (Wildman–Crippen MR) is 157 cm³/mol. The molecule has 0 saturated heterocycles. The van der Waals surface area contributed by atoms with E-state index in [0.29, 0.717) is 29.7 Å². The quantitative estimate of drug-likeness (QED) is 0.434. The van der Waals surface area contributed by atoms with Gasteiger partial charge in [-0.2, -0.15) is 0 Å². The van der Waals surface area contributed by atoms with Crippen LogP contribution in [0.25, 0.3) is 0 Å². The van der Waals surface area contributed by atoms with Gasteiger partial charge in [-0.25, -0.2) is 13.2 Å². The van der Waals surface area contributed by atoms with Crippen LogP contribution < -0.4 is 14.9 Å². The Kier molecular flexibility index (Phi) is 8.62. The zero-order chi connectivity index (χ0) is 29.2. The Morgan fingerprint density at radius 2 is 1.60 bits per heavy atom. The van der Waals surface area contributed by atoms with Gasteiger partial charge in [-0.1, -0.05) is 18.2 Å². The number of fused-ring (bicyclic) bond motifs is 1. The largest absolute Gasteiger partial charge is 0.331 e. The zero-order valence-electron chi connectivity index (χ0n) is 23.1. The minimum atomic E-state index is -3.83. The topological polar surface area (TPSA) is 119 Å². The first kappa shape index (κ1) is 29.2. The van der Waals surface area contributed by atoms with E-state index in [-0.39, 0.29) is 16.0 Å². The highest BCUT2D eigenvalue weighted by Crippen LogP contribution is 2.38. The molecule has 2 heterocycles. The normalized spacial score (nSPS) is 13.4. The minimum Gasteiger partial charge on any atom is -0.331 e. The lowest BCUT2D eigenvalue weighted by Gasteiger charge is -2.30. The van der Waals surface area contributed by atoms with Gasteiger partial charge in [-0.3, -0.25) is 24.1 Å². The smallest absolute Gasteiger partial charge is 0.323 e. The summed E-state index contributed by atoms with van der Waals surface area (Å²) in [6, 6.07) is 14.1. The van der Waals surface area contributed by atoms with Gasteiger partial charge >= 0.3 is 6.03 Å². The molecule has 0 atom stereocenters. The Bertz CT molecular complexity index is 1520. The molecule has 212 valence electrons. The molecule has 2 aromatic carbocycles. The first-order chi connectivity index (χ1) is 18.9. The maximum Gasteiger partial charge on any atom is 0.323 e. The lowest BCUT2D eigenvalue weighted by molar-refractivity contribution is 0.0956. The van der Waals surface area contributed by atoms with Gasteiger partial charge in [0.25, 0.3) is 21.8 Å². The van der Waals surface area contributed by atoms with Crippen LogP contribution in [-0.4, -0.2) is 69.8 Å². The van der Waals surface area contributed by atoms with Crippen molar-refractivity contribution in [3.8, 4) is 0 Å². The average Bonchev–Trinajstić information content (AvgIpc) is 3.30. The molecule has 12 heteroatoms. The van der Waals surface area contributed by atoms with Gasteiger partial charge in [-0.15, -0.1) is 11.3 Å². The molecule has 0 saturated carbocycles. The maximum absolute atomic E-state index is 13.2. The van der Waals surface area contributed by atoms with Gasteiger partial charge in [0.05, 0.1) is 16.1 Å². The standard InChI is InChI=1S/C28H33N5O5S2/c1-18(2)33-16-15-22-23(17-33)39-27(24(22)26(35)30-28(36)31(3)4)29-25(34)19-11-13-21(14-12-19)40(37,38)32(5)20-9-7-6-8-10-20/h6-14,18H,15-17H2,1-5H3,(H,29,34)(H,30,35,36). The molecule has 1 aliphatic rings. The van der Waals surface area contributed by atoms with Crippen LogP contribution in [0.2, 0.25) is 0 Å². The number of hydrogen-bond acceptors (Lipinski definition) is 7. The number of para-hydroxylation sites is 1. The summed E-state index contributed by atoms with van der Waals surface area (Å²) < 4.78 is 27.4. The Balaban J connectivity index is 1.59. The van der Waals surface area contributed by atoms with Crippen molar-refractivity contribution >= 4 is 49.9 Å². The number of thiophene rings is 1. The van der Waals surface area contributed by atoms with Crippen LogP contribution >= 0.6 is 11.3 Å². The molecule has 0 fully saturated rings. The second-order valence-electron chi connectivity index (χ2n) is 9.96. The van der Waals surface area contributed by atoms with E-state index in [1.165, 1.54) is 66.0 Å².